The molecular formula is C27H25N3O4. The molecule has 0 bridgehead atoms. The zero-order valence-electron chi connectivity index (χ0n) is 19.2. The Labute approximate surface area is 197 Å². The minimum atomic E-state index is -0.301. The van der Waals surface area contributed by atoms with Gasteiger partial charge in [-0.2, -0.15) is 4.68 Å². The molecule has 172 valence electrons. The standard InChI is InChI=1S/C27H25N3O4/c1-18-4-5-19(2)24(16-18)28-27(32)21-8-10-22(11-9-21)30-26(31)15-14-25(29-30)34-17-20-6-12-23(33-3)13-7-20/h4-16H,17H2,1-3H3,(H,28,32). The van der Waals surface area contributed by atoms with Gasteiger partial charge in [-0.1, -0.05) is 24.3 Å². The number of nitrogens with zero attached hydrogens (tertiary/aromatic N) is 2. The van der Waals surface area contributed by atoms with Crippen LogP contribution in [0.3, 0.4) is 0 Å². The highest BCUT2D eigenvalue weighted by Gasteiger charge is 2.10. The van der Waals surface area contributed by atoms with Crippen LogP contribution in [0.2, 0.25) is 0 Å². The highest BCUT2D eigenvalue weighted by Crippen LogP contribution is 2.18. The maximum absolute atomic E-state index is 12.7. The van der Waals surface area contributed by atoms with Gasteiger partial charge in [0.25, 0.3) is 11.5 Å². The first-order chi connectivity index (χ1) is 16.4. The number of hydrogen-bond donors (Lipinski definition) is 1. The lowest BCUT2D eigenvalue weighted by atomic mass is 10.1. The lowest BCUT2D eigenvalue weighted by Crippen LogP contribution is -2.21. The fourth-order valence-electron chi connectivity index (χ4n) is 3.35. The molecule has 0 aliphatic rings. The minimum Gasteiger partial charge on any atom is -0.497 e. The van der Waals surface area contributed by atoms with Crippen LogP contribution in [0.25, 0.3) is 5.69 Å². The zero-order chi connectivity index (χ0) is 24.1. The van der Waals surface area contributed by atoms with Gasteiger partial charge in [-0.3, -0.25) is 9.59 Å². The van der Waals surface area contributed by atoms with E-state index in [1.807, 2.05) is 56.3 Å². The van der Waals surface area contributed by atoms with E-state index in [1.165, 1.54) is 16.8 Å². The van der Waals surface area contributed by atoms with Gasteiger partial charge in [0.2, 0.25) is 5.88 Å². The van der Waals surface area contributed by atoms with E-state index in [4.69, 9.17) is 9.47 Å². The Kier molecular flexibility index (Phi) is 6.73. The summed E-state index contributed by atoms with van der Waals surface area (Å²) in [5.41, 5.74) is 4.47. The molecule has 4 rings (SSSR count). The quantitative estimate of drug-likeness (QED) is 0.437. The summed E-state index contributed by atoms with van der Waals surface area (Å²) in [6.07, 6.45) is 0. The molecule has 34 heavy (non-hydrogen) atoms. The molecule has 0 saturated heterocycles. The maximum atomic E-state index is 12.7. The lowest BCUT2D eigenvalue weighted by molar-refractivity contribution is 0.102. The zero-order valence-corrected chi connectivity index (χ0v) is 19.2. The molecule has 0 saturated carbocycles. The monoisotopic (exact) mass is 455 g/mol. The number of nitrogens with one attached hydrogen (secondary N) is 1. The number of anilines is 1. The Bertz CT molecular complexity index is 1360. The van der Waals surface area contributed by atoms with Crippen LogP contribution in [-0.4, -0.2) is 22.8 Å². The summed E-state index contributed by atoms with van der Waals surface area (Å²) in [6, 6.07) is 23.0. The number of ether oxygens (including phenoxy) is 2. The van der Waals surface area contributed by atoms with Crippen molar-refractivity contribution >= 4 is 11.6 Å². The fraction of sp³-hybridized carbons (Fsp3) is 0.148. The van der Waals surface area contributed by atoms with Gasteiger partial charge in [0.1, 0.15) is 12.4 Å². The van der Waals surface area contributed by atoms with Crippen molar-refractivity contribution in [3.63, 3.8) is 0 Å². The van der Waals surface area contributed by atoms with Crippen molar-refractivity contribution in [1.29, 1.82) is 0 Å². The number of aromatic nitrogens is 2. The van der Waals surface area contributed by atoms with Gasteiger partial charge in [0.15, 0.2) is 0 Å². The van der Waals surface area contributed by atoms with Crippen molar-refractivity contribution in [3.8, 4) is 17.3 Å². The van der Waals surface area contributed by atoms with E-state index in [1.54, 1.807) is 31.4 Å². The molecule has 0 unspecified atom stereocenters. The summed E-state index contributed by atoms with van der Waals surface area (Å²) in [7, 11) is 1.61. The molecule has 7 nitrogen and oxygen atoms in total. The van der Waals surface area contributed by atoms with Gasteiger partial charge in [-0.15, -0.1) is 5.10 Å². The second-order valence-electron chi connectivity index (χ2n) is 7.88. The molecule has 0 aliphatic heterocycles. The van der Waals surface area contributed by atoms with Crippen molar-refractivity contribution in [2.75, 3.05) is 12.4 Å². The number of aryl methyl sites for hydroxylation is 2. The number of amides is 1. The van der Waals surface area contributed by atoms with Crippen LogP contribution in [0.15, 0.2) is 83.7 Å². The number of rotatable bonds is 7. The molecule has 1 amide bonds. The third kappa shape index (κ3) is 5.32. The second-order valence-corrected chi connectivity index (χ2v) is 7.88. The van der Waals surface area contributed by atoms with E-state index in [0.29, 0.717) is 23.7 Å². The second kappa shape index (κ2) is 10.0. The molecule has 0 aliphatic carbocycles. The predicted molar refractivity (Wildman–Crippen MR) is 131 cm³/mol. The Hall–Kier alpha value is -4.39. The maximum Gasteiger partial charge on any atom is 0.271 e. The van der Waals surface area contributed by atoms with Crippen molar-refractivity contribution in [1.82, 2.24) is 9.78 Å². The SMILES string of the molecule is COc1ccc(COc2ccc(=O)n(-c3ccc(C(=O)Nc4cc(C)ccc4C)cc3)n2)cc1. The molecule has 1 heterocycles. The first kappa shape index (κ1) is 22.8. The van der Waals surface area contributed by atoms with Crippen LogP contribution >= 0.6 is 0 Å². The van der Waals surface area contributed by atoms with Crippen LogP contribution in [0.1, 0.15) is 27.0 Å². The van der Waals surface area contributed by atoms with Crippen molar-refractivity contribution in [2.24, 2.45) is 0 Å². The summed E-state index contributed by atoms with van der Waals surface area (Å²) < 4.78 is 12.2. The molecule has 3 aromatic carbocycles. The molecule has 0 atom stereocenters. The number of benzene rings is 3. The normalized spacial score (nSPS) is 10.6. The third-order valence-electron chi connectivity index (χ3n) is 5.34. The summed E-state index contributed by atoms with van der Waals surface area (Å²) in [5, 5.41) is 7.25. The van der Waals surface area contributed by atoms with Gasteiger partial charge in [-0.25, -0.2) is 0 Å². The number of methoxy groups -OCH3 is 1. The van der Waals surface area contributed by atoms with E-state index >= 15 is 0 Å². The first-order valence-electron chi connectivity index (χ1n) is 10.8. The van der Waals surface area contributed by atoms with E-state index in [-0.39, 0.29) is 11.5 Å². The van der Waals surface area contributed by atoms with Crippen molar-refractivity contribution in [2.45, 2.75) is 20.5 Å². The number of carbonyl (C=O) groups excluding carboxylic acids is 1. The van der Waals surface area contributed by atoms with Crippen LogP contribution in [0, 0.1) is 13.8 Å². The predicted octanol–water partition coefficient (Wildman–Crippen LogP) is 4.69. The van der Waals surface area contributed by atoms with E-state index in [9.17, 15) is 9.59 Å². The van der Waals surface area contributed by atoms with Crippen molar-refractivity contribution in [3.05, 3.63) is 111 Å². The highest BCUT2D eigenvalue weighted by atomic mass is 16.5. The molecule has 1 N–H and O–H groups in total. The fourth-order valence-corrected chi connectivity index (χ4v) is 3.35. The van der Waals surface area contributed by atoms with Gasteiger partial charge >= 0.3 is 0 Å². The Morgan fingerprint density at radius 1 is 0.941 bits per heavy atom. The molecule has 0 fully saturated rings. The van der Waals surface area contributed by atoms with E-state index in [0.717, 1.165) is 28.1 Å². The van der Waals surface area contributed by atoms with Crippen molar-refractivity contribution < 1.29 is 14.3 Å². The largest absolute Gasteiger partial charge is 0.497 e. The molecule has 7 heteroatoms. The Balaban J connectivity index is 1.47. The van der Waals surface area contributed by atoms with Crippen LogP contribution in [0.5, 0.6) is 11.6 Å². The third-order valence-corrected chi connectivity index (χ3v) is 5.34. The average Bonchev–Trinajstić information content (AvgIpc) is 2.86. The van der Waals surface area contributed by atoms with Gasteiger partial charge in [-0.05, 0) is 73.0 Å². The molecule has 4 aromatic rings. The Morgan fingerprint density at radius 2 is 1.68 bits per heavy atom. The van der Waals surface area contributed by atoms with Gasteiger partial charge < -0.3 is 14.8 Å². The summed E-state index contributed by atoms with van der Waals surface area (Å²) >= 11 is 0. The molecule has 0 spiro atoms. The van der Waals surface area contributed by atoms with Gasteiger partial charge in [0.05, 0.1) is 12.8 Å². The van der Waals surface area contributed by atoms with E-state index in [2.05, 4.69) is 10.4 Å². The highest BCUT2D eigenvalue weighted by molar-refractivity contribution is 6.04. The van der Waals surface area contributed by atoms with E-state index < -0.39 is 0 Å². The molecule has 0 radical (unpaired) electrons. The lowest BCUT2D eigenvalue weighted by Gasteiger charge is -2.11. The first-order valence-corrected chi connectivity index (χ1v) is 10.8. The van der Waals surface area contributed by atoms with Crippen LogP contribution in [-0.2, 0) is 6.61 Å². The average molecular weight is 456 g/mol. The minimum absolute atomic E-state index is 0.225. The summed E-state index contributed by atoms with van der Waals surface area (Å²) in [5.74, 6) is 0.853. The smallest absolute Gasteiger partial charge is 0.271 e. The van der Waals surface area contributed by atoms with Crippen LogP contribution < -0.4 is 20.3 Å². The number of carbonyl (C=O) groups is 1. The van der Waals surface area contributed by atoms with Crippen LogP contribution in [0.4, 0.5) is 5.69 Å². The molecular weight excluding hydrogens is 430 g/mol. The summed E-state index contributed by atoms with van der Waals surface area (Å²) in [4.78, 5) is 25.1. The van der Waals surface area contributed by atoms with Gasteiger partial charge in [0, 0.05) is 23.4 Å². The topological polar surface area (TPSA) is 82.5 Å². The summed E-state index contributed by atoms with van der Waals surface area (Å²) in [6.45, 7) is 4.22. The Morgan fingerprint density at radius 3 is 2.38 bits per heavy atom. The number of hydrogen-bond acceptors (Lipinski definition) is 5. The molecule has 1 aromatic heterocycles.